The third-order valence-corrected chi connectivity index (χ3v) is 5.06. The molecule has 0 fully saturated rings. The van der Waals surface area contributed by atoms with E-state index in [0.717, 1.165) is 11.8 Å². The zero-order valence-corrected chi connectivity index (χ0v) is 15.8. The highest BCUT2D eigenvalue weighted by molar-refractivity contribution is 7.92. The van der Waals surface area contributed by atoms with E-state index < -0.39 is 10.0 Å². The molecule has 1 N–H and O–H groups in total. The molecule has 0 saturated heterocycles. The van der Waals surface area contributed by atoms with Gasteiger partial charge in [0.2, 0.25) is 15.9 Å². The summed E-state index contributed by atoms with van der Waals surface area (Å²) in [7, 11) is -3.52. The van der Waals surface area contributed by atoms with Crippen molar-refractivity contribution in [3.05, 3.63) is 59.7 Å². The number of hydrogen-bond donors (Lipinski definition) is 1. The van der Waals surface area contributed by atoms with E-state index in [0.29, 0.717) is 16.9 Å². The topological polar surface area (TPSA) is 83.6 Å². The molecule has 26 heavy (non-hydrogen) atoms. The Balaban J connectivity index is 2.09. The van der Waals surface area contributed by atoms with Crippen molar-refractivity contribution in [2.45, 2.75) is 20.3 Å². The van der Waals surface area contributed by atoms with E-state index in [9.17, 15) is 18.0 Å². The smallest absolute Gasteiger partial charge is 0.232 e. The van der Waals surface area contributed by atoms with Crippen molar-refractivity contribution in [1.29, 1.82) is 0 Å². The molecule has 0 heterocycles. The molecule has 0 unspecified atom stereocenters. The van der Waals surface area contributed by atoms with Gasteiger partial charge >= 0.3 is 0 Å². The quantitative estimate of drug-likeness (QED) is 0.755. The maximum Gasteiger partial charge on any atom is 0.232 e. The summed E-state index contributed by atoms with van der Waals surface area (Å²) in [4.78, 5) is 23.6. The summed E-state index contributed by atoms with van der Waals surface area (Å²) in [5.74, 6) is -0.420. The van der Waals surface area contributed by atoms with E-state index in [1.807, 2.05) is 19.1 Å². The average molecular weight is 374 g/mol. The predicted octanol–water partition coefficient (Wildman–Crippen LogP) is 2.99. The third kappa shape index (κ3) is 5.16. The number of sulfonamides is 1. The van der Waals surface area contributed by atoms with E-state index in [2.05, 4.69) is 5.32 Å². The van der Waals surface area contributed by atoms with Crippen LogP contribution in [0.25, 0.3) is 0 Å². The molecule has 7 heteroatoms. The zero-order valence-electron chi connectivity index (χ0n) is 15.0. The van der Waals surface area contributed by atoms with Crippen LogP contribution in [0.3, 0.4) is 0 Å². The first-order valence-electron chi connectivity index (χ1n) is 8.12. The molecule has 0 saturated carbocycles. The molecule has 0 aliphatic carbocycles. The SMILES string of the molecule is CC(=O)c1cccc(NC(=O)CCN(c2ccccc2C)S(C)(=O)=O)c1. The van der Waals surface area contributed by atoms with E-state index >= 15 is 0 Å². The number of carbonyl (C=O) groups is 2. The van der Waals surface area contributed by atoms with Crippen LogP contribution < -0.4 is 9.62 Å². The predicted molar refractivity (Wildman–Crippen MR) is 103 cm³/mol. The van der Waals surface area contributed by atoms with Crippen LogP contribution >= 0.6 is 0 Å². The molecular weight excluding hydrogens is 352 g/mol. The Kier molecular flexibility index (Phi) is 6.15. The number of ketones is 1. The number of amides is 1. The third-order valence-electron chi connectivity index (χ3n) is 3.88. The summed E-state index contributed by atoms with van der Waals surface area (Å²) >= 11 is 0. The standard InChI is InChI=1S/C19H22N2O4S/c1-14-7-4-5-10-18(14)21(26(3,24)25)12-11-19(23)20-17-9-6-8-16(13-17)15(2)22/h4-10,13H,11-12H2,1-3H3,(H,20,23). The molecule has 6 nitrogen and oxygen atoms in total. The minimum absolute atomic E-state index is 0.00823. The van der Waals surface area contributed by atoms with Crippen LogP contribution in [-0.4, -0.2) is 32.9 Å². The van der Waals surface area contributed by atoms with Gasteiger partial charge in [-0.15, -0.1) is 0 Å². The van der Waals surface area contributed by atoms with E-state index in [-0.39, 0.29) is 24.7 Å². The fourth-order valence-corrected chi connectivity index (χ4v) is 3.54. The molecule has 0 bridgehead atoms. The summed E-state index contributed by atoms with van der Waals surface area (Å²) < 4.78 is 25.5. The van der Waals surface area contributed by atoms with Crippen LogP contribution in [0.1, 0.15) is 29.3 Å². The van der Waals surface area contributed by atoms with Crippen molar-refractivity contribution in [2.75, 3.05) is 22.4 Å². The molecule has 0 aliphatic rings. The van der Waals surface area contributed by atoms with Gasteiger partial charge in [0.25, 0.3) is 0 Å². The summed E-state index contributed by atoms with van der Waals surface area (Å²) in [5, 5.41) is 2.70. The maximum absolute atomic E-state index is 12.2. The molecule has 2 aromatic rings. The van der Waals surface area contributed by atoms with Gasteiger partial charge in [-0.3, -0.25) is 13.9 Å². The molecule has 2 rings (SSSR count). The molecule has 1 amide bonds. The summed E-state index contributed by atoms with van der Waals surface area (Å²) in [6.07, 6.45) is 1.11. The number of aryl methyl sites for hydroxylation is 1. The number of rotatable bonds is 7. The van der Waals surface area contributed by atoms with E-state index in [1.54, 1.807) is 36.4 Å². The van der Waals surface area contributed by atoms with Gasteiger partial charge in [-0.05, 0) is 37.6 Å². The Bertz CT molecular complexity index is 923. The van der Waals surface area contributed by atoms with Crippen molar-refractivity contribution in [3.63, 3.8) is 0 Å². The first kappa shape index (κ1) is 19.7. The second kappa shape index (κ2) is 8.14. The van der Waals surface area contributed by atoms with E-state index in [1.165, 1.54) is 11.2 Å². The van der Waals surface area contributed by atoms with Gasteiger partial charge in [-0.25, -0.2) is 8.42 Å². The van der Waals surface area contributed by atoms with Crippen LogP contribution in [0, 0.1) is 6.92 Å². The number of hydrogen-bond acceptors (Lipinski definition) is 4. The number of Topliss-reactive ketones (excluding diaryl/α,β-unsaturated/α-hetero) is 1. The first-order valence-corrected chi connectivity index (χ1v) is 9.97. The second-order valence-electron chi connectivity index (χ2n) is 6.06. The van der Waals surface area contributed by atoms with Crippen LogP contribution in [0.5, 0.6) is 0 Å². The lowest BCUT2D eigenvalue weighted by atomic mass is 10.1. The molecule has 0 atom stereocenters. The molecule has 0 aromatic heterocycles. The maximum atomic E-state index is 12.2. The van der Waals surface area contributed by atoms with Crippen LogP contribution in [0.2, 0.25) is 0 Å². The number of anilines is 2. The highest BCUT2D eigenvalue weighted by Crippen LogP contribution is 2.22. The first-order chi connectivity index (χ1) is 12.2. The Hall–Kier alpha value is -2.67. The van der Waals surface area contributed by atoms with E-state index in [4.69, 9.17) is 0 Å². The van der Waals surface area contributed by atoms with Crippen LogP contribution in [-0.2, 0) is 14.8 Å². The van der Waals surface area contributed by atoms with Crippen LogP contribution in [0.4, 0.5) is 11.4 Å². The van der Waals surface area contributed by atoms with Gasteiger partial charge < -0.3 is 5.32 Å². The summed E-state index contributed by atoms with van der Waals surface area (Å²) in [5.41, 5.74) is 2.37. The molecule has 0 aliphatic heterocycles. The number of benzene rings is 2. The number of para-hydroxylation sites is 1. The van der Waals surface area contributed by atoms with Crippen molar-refractivity contribution >= 4 is 33.1 Å². The fourth-order valence-electron chi connectivity index (χ4n) is 2.55. The number of nitrogens with zero attached hydrogens (tertiary/aromatic N) is 1. The fraction of sp³-hybridized carbons (Fsp3) is 0.263. The van der Waals surface area contributed by atoms with Gasteiger partial charge in [0.1, 0.15) is 0 Å². The molecular formula is C19H22N2O4S. The van der Waals surface area contributed by atoms with Gasteiger partial charge in [-0.1, -0.05) is 30.3 Å². The molecule has 0 spiro atoms. The Morgan fingerprint density at radius 1 is 1.08 bits per heavy atom. The minimum Gasteiger partial charge on any atom is -0.326 e. The summed E-state index contributed by atoms with van der Waals surface area (Å²) in [6, 6.07) is 13.7. The van der Waals surface area contributed by atoms with Gasteiger partial charge in [0, 0.05) is 24.2 Å². The van der Waals surface area contributed by atoms with Crippen molar-refractivity contribution in [2.24, 2.45) is 0 Å². The number of carbonyl (C=O) groups excluding carboxylic acids is 2. The molecule has 0 radical (unpaired) electrons. The largest absolute Gasteiger partial charge is 0.326 e. The molecule has 138 valence electrons. The highest BCUT2D eigenvalue weighted by Gasteiger charge is 2.20. The Labute approximate surface area is 153 Å². The van der Waals surface area contributed by atoms with Gasteiger partial charge in [0.15, 0.2) is 5.78 Å². The summed E-state index contributed by atoms with van der Waals surface area (Å²) in [6.45, 7) is 3.30. The number of nitrogens with one attached hydrogen (secondary N) is 1. The van der Waals surface area contributed by atoms with Gasteiger partial charge in [0.05, 0.1) is 11.9 Å². The lowest BCUT2D eigenvalue weighted by molar-refractivity contribution is -0.116. The Morgan fingerprint density at radius 3 is 2.38 bits per heavy atom. The normalized spacial score (nSPS) is 11.0. The van der Waals surface area contributed by atoms with Crippen LogP contribution in [0.15, 0.2) is 48.5 Å². The lowest BCUT2D eigenvalue weighted by Crippen LogP contribution is -2.33. The Morgan fingerprint density at radius 2 is 1.77 bits per heavy atom. The highest BCUT2D eigenvalue weighted by atomic mass is 32.2. The second-order valence-corrected chi connectivity index (χ2v) is 7.96. The van der Waals surface area contributed by atoms with Crippen molar-refractivity contribution in [1.82, 2.24) is 0 Å². The average Bonchev–Trinajstić information content (AvgIpc) is 2.55. The monoisotopic (exact) mass is 374 g/mol. The lowest BCUT2D eigenvalue weighted by Gasteiger charge is -2.23. The van der Waals surface area contributed by atoms with Crippen molar-refractivity contribution in [3.8, 4) is 0 Å². The zero-order chi connectivity index (χ0) is 19.3. The van der Waals surface area contributed by atoms with Gasteiger partial charge in [-0.2, -0.15) is 0 Å². The van der Waals surface area contributed by atoms with Crippen molar-refractivity contribution < 1.29 is 18.0 Å². The minimum atomic E-state index is -3.52. The molecule has 2 aromatic carbocycles.